The summed E-state index contributed by atoms with van der Waals surface area (Å²) in [5.74, 6) is -0.994. The third kappa shape index (κ3) is 1.71. The van der Waals surface area contributed by atoms with E-state index in [1.165, 1.54) is 10.9 Å². The van der Waals surface area contributed by atoms with Gasteiger partial charge >= 0.3 is 5.97 Å². The molecule has 82 valence electrons. The average molecular weight is 282 g/mol. The Morgan fingerprint density at radius 1 is 1.50 bits per heavy atom. The van der Waals surface area contributed by atoms with Crippen LogP contribution in [0.4, 0.5) is 0 Å². The van der Waals surface area contributed by atoms with Gasteiger partial charge in [-0.1, -0.05) is 0 Å². The smallest absolute Gasteiger partial charge is 0.339 e. The van der Waals surface area contributed by atoms with E-state index in [0.29, 0.717) is 5.69 Å². The number of rotatable bonds is 2. The Morgan fingerprint density at radius 2 is 2.25 bits per heavy atom. The predicted octanol–water partition coefficient (Wildman–Crippen LogP) is 1.94. The van der Waals surface area contributed by atoms with E-state index in [2.05, 4.69) is 26.0 Å². The van der Waals surface area contributed by atoms with Gasteiger partial charge in [0.2, 0.25) is 0 Å². The zero-order valence-corrected chi connectivity index (χ0v) is 9.97. The second-order valence-corrected chi connectivity index (χ2v) is 4.05. The fourth-order valence-electron chi connectivity index (χ4n) is 1.48. The molecule has 0 saturated heterocycles. The number of aromatic nitrogens is 3. The summed E-state index contributed by atoms with van der Waals surface area (Å²) in [6.45, 7) is 0. The van der Waals surface area contributed by atoms with Gasteiger partial charge in [0.1, 0.15) is 5.56 Å². The molecule has 0 aliphatic heterocycles. The SMILES string of the molecule is Cn1ncc(C(=O)O)c1-c1ccncc1Br. The molecular formula is C10H8BrN3O2. The van der Waals surface area contributed by atoms with Crippen molar-refractivity contribution in [3.63, 3.8) is 0 Å². The lowest BCUT2D eigenvalue weighted by Gasteiger charge is -2.05. The summed E-state index contributed by atoms with van der Waals surface area (Å²) in [6, 6.07) is 1.74. The van der Waals surface area contributed by atoms with E-state index in [-0.39, 0.29) is 5.56 Å². The van der Waals surface area contributed by atoms with Crippen LogP contribution in [0.5, 0.6) is 0 Å². The number of hydrogen-bond donors (Lipinski definition) is 1. The largest absolute Gasteiger partial charge is 0.478 e. The molecule has 0 radical (unpaired) electrons. The van der Waals surface area contributed by atoms with Crippen LogP contribution in [-0.4, -0.2) is 25.8 Å². The number of carboxylic acid groups (broad SMARTS) is 1. The molecule has 0 unspecified atom stereocenters. The summed E-state index contributed by atoms with van der Waals surface area (Å²) >= 11 is 3.34. The van der Waals surface area contributed by atoms with Crippen LogP contribution >= 0.6 is 15.9 Å². The molecule has 2 rings (SSSR count). The van der Waals surface area contributed by atoms with Crippen molar-refractivity contribution < 1.29 is 9.90 Å². The number of nitrogens with zero attached hydrogens (tertiary/aromatic N) is 3. The van der Waals surface area contributed by atoms with E-state index in [0.717, 1.165) is 10.0 Å². The zero-order valence-electron chi connectivity index (χ0n) is 8.38. The highest BCUT2D eigenvalue weighted by atomic mass is 79.9. The van der Waals surface area contributed by atoms with Gasteiger partial charge in [0, 0.05) is 29.5 Å². The first-order chi connectivity index (χ1) is 7.61. The van der Waals surface area contributed by atoms with Crippen molar-refractivity contribution in [2.45, 2.75) is 0 Å². The topological polar surface area (TPSA) is 68.0 Å². The highest BCUT2D eigenvalue weighted by Crippen LogP contribution is 2.29. The molecule has 5 nitrogen and oxygen atoms in total. The van der Waals surface area contributed by atoms with Crippen LogP contribution in [0, 0.1) is 0 Å². The first kappa shape index (κ1) is 10.8. The first-order valence-corrected chi connectivity index (χ1v) is 5.25. The summed E-state index contributed by atoms with van der Waals surface area (Å²) in [5, 5.41) is 13.0. The number of carboxylic acids is 1. The van der Waals surface area contributed by atoms with Crippen molar-refractivity contribution in [1.82, 2.24) is 14.8 Å². The van der Waals surface area contributed by atoms with E-state index in [1.54, 1.807) is 25.5 Å². The number of halogens is 1. The summed E-state index contributed by atoms with van der Waals surface area (Å²) in [7, 11) is 1.70. The quantitative estimate of drug-likeness (QED) is 0.914. The lowest BCUT2D eigenvalue weighted by molar-refractivity contribution is 0.0697. The van der Waals surface area contributed by atoms with Gasteiger partial charge in [-0.3, -0.25) is 9.67 Å². The van der Waals surface area contributed by atoms with Crippen LogP contribution in [0.15, 0.2) is 29.1 Å². The monoisotopic (exact) mass is 281 g/mol. The number of hydrogen-bond acceptors (Lipinski definition) is 3. The molecule has 0 saturated carbocycles. The Labute approximate surface area is 99.9 Å². The third-order valence-corrected chi connectivity index (χ3v) is 2.83. The molecule has 0 aliphatic rings. The van der Waals surface area contributed by atoms with Crippen LogP contribution in [-0.2, 0) is 7.05 Å². The van der Waals surface area contributed by atoms with E-state index >= 15 is 0 Å². The average Bonchev–Trinajstić information content (AvgIpc) is 2.61. The predicted molar refractivity (Wildman–Crippen MR) is 61.1 cm³/mol. The molecule has 0 fully saturated rings. The normalized spacial score (nSPS) is 10.4. The van der Waals surface area contributed by atoms with Crippen molar-refractivity contribution in [1.29, 1.82) is 0 Å². The van der Waals surface area contributed by atoms with E-state index in [9.17, 15) is 4.79 Å². The second-order valence-electron chi connectivity index (χ2n) is 3.19. The highest BCUT2D eigenvalue weighted by molar-refractivity contribution is 9.10. The van der Waals surface area contributed by atoms with Crippen molar-refractivity contribution in [2.75, 3.05) is 0 Å². The van der Waals surface area contributed by atoms with Crippen LogP contribution in [0.3, 0.4) is 0 Å². The van der Waals surface area contributed by atoms with Crippen LogP contribution in [0.1, 0.15) is 10.4 Å². The van der Waals surface area contributed by atoms with Gasteiger partial charge in [-0.15, -0.1) is 0 Å². The maximum Gasteiger partial charge on any atom is 0.339 e. The first-order valence-electron chi connectivity index (χ1n) is 4.46. The lowest BCUT2D eigenvalue weighted by atomic mass is 10.1. The van der Waals surface area contributed by atoms with Crippen LogP contribution < -0.4 is 0 Å². The number of aryl methyl sites for hydroxylation is 1. The maximum atomic E-state index is 11.0. The molecule has 6 heteroatoms. The summed E-state index contributed by atoms with van der Waals surface area (Å²) in [5.41, 5.74) is 1.49. The maximum absolute atomic E-state index is 11.0. The number of aromatic carboxylic acids is 1. The summed E-state index contributed by atoms with van der Waals surface area (Å²) < 4.78 is 2.27. The van der Waals surface area contributed by atoms with E-state index < -0.39 is 5.97 Å². The van der Waals surface area contributed by atoms with Crippen molar-refractivity contribution in [2.24, 2.45) is 7.05 Å². The molecule has 1 N–H and O–H groups in total. The van der Waals surface area contributed by atoms with Gasteiger partial charge in [-0.25, -0.2) is 4.79 Å². The molecule has 0 atom stereocenters. The molecule has 2 aromatic heterocycles. The Bertz CT molecular complexity index is 551. The third-order valence-electron chi connectivity index (χ3n) is 2.20. The fourth-order valence-corrected chi connectivity index (χ4v) is 1.92. The Morgan fingerprint density at radius 3 is 2.88 bits per heavy atom. The van der Waals surface area contributed by atoms with E-state index in [1.807, 2.05) is 0 Å². The molecule has 0 amide bonds. The molecule has 16 heavy (non-hydrogen) atoms. The van der Waals surface area contributed by atoms with E-state index in [4.69, 9.17) is 5.11 Å². The van der Waals surface area contributed by atoms with Gasteiger partial charge in [-0.2, -0.15) is 5.10 Å². The lowest BCUT2D eigenvalue weighted by Crippen LogP contribution is -2.01. The molecular weight excluding hydrogens is 274 g/mol. The minimum Gasteiger partial charge on any atom is -0.478 e. The molecule has 2 heterocycles. The Hall–Kier alpha value is -1.69. The number of carbonyl (C=O) groups is 1. The van der Waals surface area contributed by atoms with Crippen molar-refractivity contribution >= 4 is 21.9 Å². The van der Waals surface area contributed by atoms with Gasteiger partial charge in [-0.05, 0) is 22.0 Å². The minimum atomic E-state index is -0.994. The molecule has 0 spiro atoms. The highest BCUT2D eigenvalue weighted by Gasteiger charge is 2.18. The van der Waals surface area contributed by atoms with Crippen molar-refractivity contribution in [3.8, 4) is 11.3 Å². The van der Waals surface area contributed by atoms with Gasteiger partial charge in [0.05, 0.1) is 11.9 Å². The summed E-state index contributed by atoms with van der Waals surface area (Å²) in [6.07, 6.45) is 4.57. The van der Waals surface area contributed by atoms with Crippen LogP contribution in [0.25, 0.3) is 11.3 Å². The van der Waals surface area contributed by atoms with Crippen molar-refractivity contribution in [3.05, 3.63) is 34.7 Å². The molecule has 2 aromatic rings. The molecule has 0 aliphatic carbocycles. The Kier molecular flexibility index (Phi) is 2.74. The standard InChI is InChI=1S/C10H8BrN3O2/c1-14-9(7(4-13-14)10(15)16)6-2-3-12-5-8(6)11/h2-5H,1H3,(H,15,16). The molecule has 0 aromatic carbocycles. The molecule has 0 bridgehead atoms. The van der Waals surface area contributed by atoms with Crippen LogP contribution in [0.2, 0.25) is 0 Å². The van der Waals surface area contributed by atoms with Gasteiger partial charge < -0.3 is 5.11 Å². The second kappa shape index (κ2) is 4.05. The Balaban J connectivity index is 2.68. The number of pyridine rings is 1. The fraction of sp³-hybridized carbons (Fsp3) is 0.100. The zero-order chi connectivity index (χ0) is 11.7. The summed E-state index contributed by atoms with van der Waals surface area (Å²) in [4.78, 5) is 15.0. The van der Waals surface area contributed by atoms with Gasteiger partial charge in [0.25, 0.3) is 0 Å². The van der Waals surface area contributed by atoms with Gasteiger partial charge in [0.15, 0.2) is 0 Å². The minimum absolute atomic E-state index is 0.175.